The van der Waals surface area contributed by atoms with Crippen molar-refractivity contribution in [2.75, 3.05) is 5.32 Å². The summed E-state index contributed by atoms with van der Waals surface area (Å²) in [5, 5.41) is 25.8. The van der Waals surface area contributed by atoms with Gasteiger partial charge in [-0.15, -0.1) is 0 Å². The number of primary sulfonamides is 1. The number of hydrogen-bond acceptors (Lipinski definition) is 6. The van der Waals surface area contributed by atoms with Gasteiger partial charge in [0.1, 0.15) is 5.82 Å². The summed E-state index contributed by atoms with van der Waals surface area (Å²) in [6, 6.07) is 13.7. The van der Waals surface area contributed by atoms with Crippen molar-refractivity contribution < 1.29 is 13.3 Å². The Morgan fingerprint density at radius 3 is 2.48 bits per heavy atom. The van der Waals surface area contributed by atoms with Crippen LogP contribution in [0, 0.1) is 10.1 Å². The highest BCUT2D eigenvalue weighted by Crippen LogP contribution is 2.25. The number of nitrogens with two attached hydrogens (primary N) is 1. The van der Waals surface area contributed by atoms with Gasteiger partial charge in [0.2, 0.25) is 10.0 Å². The van der Waals surface area contributed by atoms with E-state index in [4.69, 9.17) is 5.14 Å². The minimum absolute atomic E-state index is 0.0138. The lowest BCUT2D eigenvalue weighted by atomic mass is 10.1. The second-order valence-electron chi connectivity index (χ2n) is 5.17. The van der Waals surface area contributed by atoms with Crippen molar-refractivity contribution >= 4 is 27.2 Å². The number of nitro benzene ring substituents is 1. The average molecular weight is 359 g/mol. The smallest absolute Gasteiger partial charge is 0.270 e. The number of hydrogen-bond donors (Lipinski definition) is 3. The van der Waals surface area contributed by atoms with Gasteiger partial charge in [0.05, 0.1) is 15.5 Å². The number of nitrogens with one attached hydrogen (secondary N) is 2. The molecule has 0 saturated heterocycles. The molecule has 0 amide bonds. The third kappa shape index (κ3) is 3.82. The molecule has 0 saturated carbocycles. The number of rotatable bonds is 5. The third-order valence-corrected chi connectivity index (χ3v) is 4.32. The first-order valence-corrected chi connectivity index (χ1v) is 8.58. The standard InChI is InChI=1S/C15H13N5O4S/c16-25(23,24)13-6-4-11(5-7-13)17-15-9-14(18-19-15)10-2-1-3-12(8-10)20(21)22/h1-9H,(H2,16,23,24)(H2,17,18,19). The largest absolute Gasteiger partial charge is 0.341 e. The predicted molar refractivity (Wildman–Crippen MR) is 91.8 cm³/mol. The van der Waals surface area contributed by atoms with Crippen molar-refractivity contribution in [2.45, 2.75) is 4.90 Å². The molecule has 0 unspecified atom stereocenters. The molecule has 128 valence electrons. The van der Waals surface area contributed by atoms with E-state index >= 15 is 0 Å². The highest BCUT2D eigenvalue weighted by molar-refractivity contribution is 7.89. The lowest BCUT2D eigenvalue weighted by molar-refractivity contribution is -0.384. The number of nitrogens with zero attached hydrogens (tertiary/aromatic N) is 2. The fraction of sp³-hybridized carbons (Fsp3) is 0. The maximum Gasteiger partial charge on any atom is 0.270 e. The quantitative estimate of drug-likeness (QED) is 0.471. The van der Waals surface area contributed by atoms with Gasteiger partial charge in [0, 0.05) is 29.4 Å². The van der Waals surface area contributed by atoms with Crippen LogP contribution in [-0.4, -0.2) is 23.5 Å². The first-order valence-electron chi connectivity index (χ1n) is 7.03. The molecule has 0 aliphatic heterocycles. The molecule has 0 radical (unpaired) electrons. The molecule has 0 aliphatic rings. The molecule has 4 N–H and O–H groups in total. The van der Waals surface area contributed by atoms with E-state index in [1.165, 1.54) is 24.3 Å². The molecule has 0 atom stereocenters. The first-order chi connectivity index (χ1) is 11.8. The summed E-state index contributed by atoms with van der Waals surface area (Å²) in [5.74, 6) is 0.546. The van der Waals surface area contributed by atoms with Gasteiger partial charge in [-0.25, -0.2) is 13.6 Å². The van der Waals surface area contributed by atoms with Gasteiger partial charge >= 0.3 is 0 Å². The van der Waals surface area contributed by atoms with Crippen molar-refractivity contribution in [1.82, 2.24) is 10.2 Å². The Labute approximate surface area is 142 Å². The number of H-pyrrole nitrogens is 1. The van der Waals surface area contributed by atoms with E-state index in [0.717, 1.165) is 0 Å². The van der Waals surface area contributed by atoms with E-state index in [-0.39, 0.29) is 10.6 Å². The van der Waals surface area contributed by atoms with Crippen LogP contribution in [-0.2, 0) is 10.0 Å². The van der Waals surface area contributed by atoms with Gasteiger partial charge in [-0.1, -0.05) is 12.1 Å². The lowest BCUT2D eigenvalue weighted by Crippen LogP contribution is -2.11. The Bertz CT molecular complexity index is 1030. The summed E-state index contributed by atoms with van der Waals surface area (Å²) in [5.41, 5.74) is 1.74. The summed E-state index contributed by atoms with van der Waals surface area (Å²) in [6.45, 7) is 0. The Morgan fingerprint density at radius 1 is 1.12 bits per heavy atom. The fourth-order valence-corrected chi connectivity index (χ4v) is 2.71. The molecule has 3 aromatic rings. The van der Waals surface area contributed by atoms with Crippen LogP contribution in [0.3, 0.4) is 0 Å². The van der Waals surface area contributed by atoms with Gasteiger partial charge in [0.25, 0.3) is 5.69 Å². The molecular weight excluding hydrogens is 346 g/mol. The summed E-state index contributed by atoms with van der Waals surface area (Å²) < 4.78 is 22.5. The Hall–Kier alpha value is -3.24. The summed E-state index contributed by atoms with van der Waals surface area (Å²) in [6.07, 6.45) is 0. The Kier molecular flexibility index (Phi) is 4.21. The lowest BCUT2D eigenvalue weighted by Gasteiger charge is -2.04. The molecule has 10 heteroatoms. The van der Waals surface area contributed by atoms with Crippen molar-refractivity contribution in [1.29, 1.82) is 0 Å². The topological polar surface area (TPSA) is 144 Å². The van der Waals surface area contributed by atoms with Crippen molar-refractivity contribution in [3.63, 3.8) is 0 Å². The number of benzene rings is 2. The molecule has 1 aromatic heterocycles. The predicted octanol–water partition coefficient (Wildman–Crippen LogP) is 2.38. The molecule has 25 heavy (non-hydrogen) atoms. The fourth-order valence-electron chi connectivity index (χ4n) is 2.20. The van der Waals surface area contributed by atoms with Crippen LogP contribution in [0.15, 0.2) is 59.5 Å². The second kappa shape index (κ2) is 6.34. The summed E-state index contributed by atoms with van der Waals surface area (Å²) >= 11 is 0. The van der Waals surface area contributed by atoms with Crippen LogP contribution in [0.4, 0.5) is 17.2 Å². The second-order valence-corrected chi connectivity index (χ2v) is 6.73. The number of aromatic amines is 1. The highest BCUT2D eigenvalue weighted by Gasteiger charge is 2.10. The minimum atomic E-state index is -3.74. The molecule has 0 bridgehead atoms. The van der Waals surface area contributed by atoms with Crippen LogP contribution in [0.2, 0.25) is 0 Å². The highest BCUT2D eigenvalue weighted by atomic mass is 32.2. The molecule has 2 aromatic carbocycles. The summed E-state index contributed by atoms with van der Waals surface area (Å²) in [7, 11) is -3.74. The molecule has 3 rings (SSSR count). The summed E-state index contributed by atoms with van der Waals surface area (Å²) in [4.78, 5) is 10.4. The van der Waals surface area contributed by atoms with E-state index in [2.05, 4.69) is 15.5 Å². The van der Waals surface area contributed by atoms with Crippen molar-refractivity contribution in [3.8, 4) is 11.3 Å². The van der Waals surface area contributed by atoms with Gasteiger partial charge in [-0.3, -0.25) is 15.2 Å². The zero-order valence-electron chi connectivity index (χ0n) is 12.7. The number of non-ortho nitro benzene ring substituents is 1. The number of aromatic nitrogens is 2. The maximum atomic E-state index is 11.2. The average Bonchev–Trinajstić information content (AvgIpc) is 3.03. The third-order valence-electron chi connectivity index (χ3n) is 3.39. The van der Waals surface area contributed by atoms with Crippen LogP contribution in [0.5, 0.6) is 0 Å². The normalized spacial score (nSPS) is 11.2. The zero-order chi connectivity index (χ0) is 18.0. The monoisotopic (exact) mass is 359 g/mol. The van der Waals surface area contributed by atoms with Crippen molar-refractivity contribution in [3.05, 3.63) is 64.7 Å². The van der Waals surface area contributed by atoms with E-state index in [9.17, 15) is 18.5 Å². The van der Waals surface area contributed by atoms with Gasteiger partial charge < -0.3 is 5.32 Å². The van der Waals surface area contributed by atoms with Crippen LogP contribution >= 0.6 is 0 Å². The van der Waals surface area contributed by atoms with E-state index in [1.807, 2.05) is 0 Å². The number of sulfonamides is 1. The molecule has 0 aliphatic carbocycles. The molecule has 9 nitrogen and oxygen atoms in total. The van der Waals surface area contributed by atoms with Gasteiger partial charge in [-0.05, 0) is 24.3 Å². The number of anilines is 2. The first kappa shape index (κ1) is 16.6. The molecule has 1 heterocycles. The number of nitro groups is 1. The Balaban J connectivity index is 1.80. The van der Waals surface area contributed by atoms with Crippen LogP contribution < -0.4 is 10.5 Å². The van der Waals surface area contributed by atoms with Crippen molar-refractivity contribution in [2.24, 2.45) is 5.14 Å². The SMILES string of the molecule is NS(=O)(=O)c1ccc(Nc2cc(-c3cccc([N+](=O)[O-])c3)n[nH]2)cc1. The zero-order valence-corrected chi connectivity index (χ0v) is 13.5. The van der Waals surface area contributed by atoms with E-state index in [1.54, 1.807) is 30.3 Å². The molecule has 0 spiro atoms. The van der Waals surface area contributed by atoms with Gasteiger partial charge in [0.15, 0.2) is 0 Å². The molecule has 0 fully saturated rings. The van der Waals surface area contributed by atoms with E-state index in [0.29, 0.717) is 22.8 Å². The van der Waals surface area contributed by atoms with Gasteiger partial charge in [-0.2, -0.15) is 5.10 Å². The van der Waals surface area contributed by atoms with Crippen LogP contribution in [0.25, 0.3) is 11.3 Å². The molecular formula is C15H13N5O4S. The van der Waals surface area contributed by atoms with Crippen LogP contribution in [0.1, 0.15) is 0 Å². The minimum Gasteiger partial charge on any atom is -0.341 e. The maximum absolute atomic E-state index is 11.2. The van der Waals surface area contributed by atoms with E-state index < -0.39 is 14.9 Å². The Morgan fingerprint density at radius 2 is 1.84 bits per heavy atom.